The van der Waals surface area contributed by atoms with Crippen molar-refractivity contribution in [3.05, 3.63) is 34.3 Å². The summed E-state index contributed by atoms with van der Waals surface area (Å²) in [6, 6.07) is 9.53. The standard InChI is InChI=1S/C19H30BrN/c1-2-3-4-5-6-9-16(15-21-18-12-13-18)14-17-10-7-8-11-19(17)20/h7-8,10-11,16,18,21H,2-6,9,12-15H2,1H3. The molecule has 0 spiro atoms. The van der Waals surface area contributed by atoms with Crippen LogP contribution in [0.5, 0.6) is 0 Å². The molecule has 1 N–H and O–H groups in total. The Morgan fingerprint density at radius 1 is 1.14 bits per heavy atom. The molecule has 1 saturated carbocycles. The second-order valence-corrected chi connectivity index (χ2v) is 7.40. The molecule has 0 saturated heterocycles. The molecule has 1 aliphatic carbocycles. The highest BCUT2D eigenvalue weighted by Gasteiger charge is 2.22. The Labute approximate surface area is 139 Å². The van der Waals surface area contributed by atoms with E-state index in [2.05, 4.69) is 52.4 Å². The molecule has 1 fully saturated rings. The van der Waals surface area contributed by atoms with Crippen molar-refractivity contribution in [2.24, 2.45) is 5.92 Å². The van der Waals surface area contributed by atoms with Gasteiger partial charge in [0.1, 0.15) is 0 Å². The van der Waals surface area contributed by atoms with E-state index < -0.39 is 0 Å². The predicted octanol–water partition coefficient (Wildman–Crippen LogP) is 5.72. The van der Waals surface area contributed by atoms with Gasteiger partial charge in [0.05, 0.1) is 0 Å². The van der Waals surface area contributed by atoms with Gasteiger partial charge in [0.15, 0.2) is 0 Å². The van der Waals surface area contributed by atoms with Gasteiger partial charge < -0.3 is 5.32 Å². The van der Waals surface area contributed by atoms with Crippen molar-refractivity contribution in [3.8, 4) is 0 Å². The molecule has 1 aliphatic rings. The highest BCUT2D eigenvalue weighted by molar-refractivity contribution is 9.10. The quantitative estimate of drug-likeness (QED) is 0.502. The van der Waals surface area contributed by atoms with Gasteiger partial charge in [0, 0.05) is 10.5 Å². The van der Waals surface area contributed by atoms with Crippen LogP contribution in [0.4, 0.5) is 0 Å². The molecule has 21 heavy (non-hydrogen) atoms. The van der Waals surface area contributed by atoms with Crippen LogP contribution in [0.3, 0.4) is 0 Å². The smallest absolute Gasteiger partial charge is 0.0207 e. The van der Waals surface area contributed by atoms with Gasteiger partial charge in [0.2, 0.25) is 0 Å². The minimum absolute atomic E-state index is 0.783. The van der Waals surface area contributed by atoms with Gasteiger partial charge in [-0.3, -0.25) is 0 Å². The van der Waals surface area contributed by atoms with Crippen LogP contribution in [-0.4, -0.2) is 12.6 Å². The number of rotatable bonds is 11. The summed E-state index contributed by atoms with van der Waals surface area (Å²) in [5.41, 5.74) is 1.47. The van der Waals surface area contributed by atoms with E-state index in [-0.39, 0.29) is 0 Å². The molecule has 1 aromatic rings. The van der Waals surface area contributed by atoms with Crippen molar-refractivity contribution in [1.82, 2.24) is 5.32 Å². The average Bonchev–Trinajstić information content (AvgIpc) is 3.30. The lowest BCUT2D eigenvalue weighted by Gasteiger charge is -2.18. The number of nitrogens with one attached hydrogen (secondary N) is 1. The van der Waals surface area contributed by atoms with Crippen LogP contribution in [-0.2, 0) is 6.42 Å². The zero-order valence-electron chi connectivity index (χ0n) is 13.4. The fourth-order valence-corrected chi connectivity index (χ4v) is 3.36. The molecule has 0 radical (unpaired) electrons. The zero-order valence-corrected chi connectivity index (χ0v) is 15.0. The van der Waals surface area contributed by atoms with Crippen LogP contribution >= 0.6 is 15.9 Å². The first-order valence-electron chi connectivity index (χ1n) is 8.76. The van der Waals surface area contributed by atoms with Crippen LogP contribution < -0.4 is 5.32 Å². The second kappa shape index (κ2) is 9.63. The maximum atomic E-state index is 3.73. The Bertz CT molecular complexity index is 400. The van der Waals surface area contributed by atoms with Crippen molar-refractivity contribution in [2.75, 3.05) is 6.54 Å². The molecular formula is C19H30BrN. The Kier molecular flexibility index (Phi) is 7.81. The SMILES string of the molecule is CCCCCCCC(CNC1CC1)Cc1ccccc1Br. The molecule has 0 bridgehead atoms. The lowest BCUT2D eigenvalue weighted by molar-refractivity contribution is 0.418. The summed E-state index contributed by atoms with van der Waals surface area (Å²) in [6.45, 7) is 3.48. The summed E-state index contributed by atoms with van der Waals surface area (Å²) in [5.74, 6) is 0.783. The fraction of sp³-hybridized carbons (Fsp3) is 0.684. The van der Waals surface area contributed by atoms with Crippen molar-refractivity contribution >= 4 is 15.9 Å². The van der Waals surface area contributed by atoms with E-state index in [0.717, 1.165) is 12.0 Å². The Morgan fingerprint density at radius 3 is 2.62 bits per heavy atom. The van der Waals surface area contributed by atoms with E-state index >= 15 is 0 Å². The molecule has 0 heterocycles. The van der Waals surface area contributed by atoms with Crippen molar-refractivity contribution in [1.29, 1.82) is 0 Å². The molecular weight excluding hydrogens is 322 g/mol. The number of benzene rings is 1. The average molecular weight is 352 g/mol. The third-order valence-electron chi connectivity index (χ3n) is 4.45. The minimum Gasteiger partial charge on any atom is -0.314 e. The van der Waals surface area contributed by atoms with E-state index in [1.807, 2.05) is 0 Å². The van der Waals surface area contributed by atoms with Gasteiger partial charge in [-0.25, -0.2) is 0 Å². The molecule has 1 atom stereocenters. The van der Waals surface area contributed by atoms with E-state index in [0.29, 0.717) is 0 Å². The highest BCUT2D eigenvalue weighted by Crippen LogP contribution is 2.24. The molecule has 2 heteroatoms. The summed E-state index contributed by atoms with van der Waals surface area (Å²) >= 11 is 3.70. The first-order chi connectivity index (χ1) is 10.3. The molecule has 1 unspecified atom stereocenters. The third kappa shape index (κ3) is 6.97. The molecule has 0 aliphatic heterocycles. The van der Waals surface area contributed by atoms with Gasteiger partial charge >= 0.3 is 0 Å². The van der Waals surface area contributed by atoms with Crippen LogP contribution in [0, 0.1) is 5.92 Å². The number of hydrogen-bond acceptors (Lipinski definition) is 1. The first-order valence-corrected chi connectivity index (χ1v) is 9.55. The maximum Gasteiger partial charge on any atom is 0.0207 e. The maximum absolute atomic E-state index is 3.73. The highest BCUT2D eigenvalue weighted by atomic mass is 79.9. The molecule has 1 nitrogen and oxygen atoms in total. The molecule has 2 rings (SSSR count). The first kappa shape index (κ1) is 17.0. The van der Waals surface area contributed by atoms with Crippen LogP contribution in [0.25, 0.3) is 0 Å². The zero-order chi connectivity index (χ0) is 14.9. The predicted molar refractivity (Wildman–Crippen MR) is 95.7 cm³/mol. The van der Waals surface area contributed by atoms with E-state index in [1.54, 1.807) is 0 Å². The minimum atomic E-state index is 0.783. The number of unbranched alkanes of at least 4 members (excludes halogenated alkanes) is 4. The lowest BCUT2D eigenvalue weighted by atomic mass is 9.93. The Hall–Kier alpha value is -0.340. The van der Waals surface area contributed by atoms with Crippen molar-refractivity contribution < 1.29 is 0 Å². The molecule has 118 valence electrons. The van der Waals surface area contributed by atoms with Gasteiger partial charge in [-0.1, -0.05) is 73.2 Å². The Balaban J connectivity index is 1.77. The largest absolute Gasteiger partial charge is 0.314 e. The van der Waals surface area contributed by atoms with Crippen molar-refractivity contribution in [3.63, 3.8) is 0 Å². The summed E-state index contributed by atoms with van der Waals surface area (Å²) in [4.78, 5) is 0. The summed E-state index contributed by atoms with van der Waals surface area (Å²) in [5, 5.41) is 3.73. The normalized spacial score (nSPS) is 16.1. The van der Waals surface area contributed by atoms with Crippen molar-refractivity contribution in [2.45, 2.75) is 70.8 Å². The Morgan fingerprint density at radius 2 is 1.90 bits per heavy atom. The summed E-state index contributed by atoms with van der Waals surface area (Å²) in [6.07, 6.45) is 12.3. The van der Waals surface area contributed by atoms with Crippen LogP contribution in [0.15, 0.2) is 28.7 Å². The van der Waals surface area contributed by atoms with Crippen LogP contribution in [0.1, 0.15) is 63.9 Å². The summed E-state index contributed by atoms with van der Waals surface area (Å²) in [7, 11) is 0. The van der Waals surface area contributed by atoms with Gasteiger partial charge in [-0.15, -0.1) is 0 Å². The molecule has 0 amide bonds. The van der Waals surface area contributed by atoms with E-state index in [1.165, 1.54) is 74.4 Å². The van der Waals surface area contributed by atoms with Gasteiger partial charge in [0.25, 0.3) is 0 Å². The fourth-order valence-electron chi connectivity index (χ4n) is 2.91. The van der Waals surface area contributed by atoms with Gasteiger partial charge in [-0.05, 0) is 49.8 Å². The monoisotopic (exact) mass is 351 g/mol. The third-order valence-corrected chi connectivity index (χ3v) is 5.23. The topological polar surface area (TPSA) is 12.0 Å². The van der Waals surface area contributed by atoms with E-state index in [4.69, 9.17) is 0 Å². The van der Waals surface area contributed by atoms with Gasteiger partial charge in [-0.2, -0.15) is 0 Å². The number of halogens is 1. The molecule has 0 aromatic heterocycles. The number of hydrogen-bond donors (Lipinski definition) is 1. The second-order valence-electron chi connectivity index (χ2n) is 6.55. The van der Waals surface area contributed by atoms with Crippen LogP contribution in [0.2, 0.25) is 0 Å². The molecule has 1 aromatic carbocycles. The summed E-state index contributed by atoms with van der Waals surface area (Å²) < 4.78 is 1.27. The van der Waals surface area contributed by atoms with E-state index in [9.17, 15) is 0 Å². The lowest BCUT2D eigenvalue weighted by Crippen LogP contribution is -2.26.